The van der Waals surface area contributed by atoms with Crippen LogP contribution in [0.5, 0.6) is 0 Å². The third kappa shape index (κ3) is 3.73. The summed E-state index contributed by atoms with van der Waals surface area (Å²) >= 11 is 0. The van der Waals surface area contributed by atoms with E-state index in [4.69, 9.17) is 9.16 Å². The quantitative estimate of drug-likeness (QED) is 0.350. The lowest BCUT2D eigenvalue weighted by Gasteiger charge is -2.31. The lowest BCUT2D eigenvalue weighted by atomic mass is 10.5. The van der Waals surface area contributed by atoms with Crippen molar-refractivity contribution in [3.63, 3.8) is 0 Å². The van der Waals surface area contributed by atoms with Crippen molar-refractivity contribution in [2.75, 3.05) is 13.7 Å². The van der Waals surface area contributed by atoms with E-state index in [-0.39, 0.29) is 29.0 Å². The van der Waals surface area contributed by atoms with Crippen LogP contribution in [0.2, 0.25) is 11.1 Å². The monoisotopic (exact) mass is 283 g/mol. The Bertz CT molecular complexity index is 419. The average molecular weight is 283 g/mol. The highest BCUT2D eigenvalue weighted by Crippen LogP contribution is 2.40. The third-order valence-electron chi connectivity index (χ3n) is 3.14. The zero-order valence-electron chi connectivity index (χ0n) is 12.5. The van der Waals surface area contributed by atoms with Crippen LogP contribution in [0.1, 0.15) is 34.6 Å². The molecule has 0 aromatic carbocycles. The second-order valence-electron chi connectivity index (χ2n) is 4.78. The maximum Gasteiger partial charge on any atom is 0.435 e. The number of rotatable bonds is 6. The molecule has 0 bridgehead atoms. The van der Waals surface area contributed by atoms with Crippen molar-refractivity contribution in [1.29, 1.82) is 5.39 Å². The van der Waals surface area contributed by atoms with Gasteiger partial charge in [0.25, 0.3) is 0 Å². The Labute approximate surface area is 116 Å². The van der Waals surface area contributed by atoms with Gasteiger partial charge >= 0.3 is 19.6 Å². The van der Waals surface area contributed by atoms with Crippen molar-refractivity contribution in [3.05, 3.63) is 16.2 Å². The van der Waals surface area contributed by atoms with Crippen molar-refractivity contribution in [2.45, 2.75) is 45.7 Å². The van der Waals surface area contributed by atoms with E-state index in [0.29, 0.717) is 0 Å². The molecule has 0 atom stereocenters. The van der Waals surface area contributed by atoms with Crippen molar-refractivity contribution in [1.82, 2.24) is 0 Å². The second-order valence-corrected chi connectivity index (χ2v) is 9.43. The highest BCUT2D eigenvalue weighted by Gasteiger charge is 2.58. The molecule has 0 radical (unpaired) electrons. The SMILES string of the molecule is CC#CCO[Si](C([N+]#N)=C(O)OC)(C(C)C)C(C)C. The van der Waals surface area contributed by atoms with Gasteiger partial charge in [0.2, 0.25) is 5.39 Å². The number of nitrogens with zero attached hydrogens (tertiary/aromatic N) is 2. The Morgan fingerprint density at radius 1 is 1.32 bits per heavy atom. The number of methoxy groups -OCH3 is 1. The van der Waals surface area contributed by atoms with Crippen LogP contribution in [-0.2, 0) is 9.16 Å². The summed E-state index contributed by atoms with van der Waals surface area (Å²) in [5.74, 6) is 5.22. The Balaban J connectivity index is 5.83. The van der Waals surface area contributed by atoms with Crippen molar-refractivity contribution >= 4 is 8.32 Å². The van der Waals surface area contributed by atoms with Gasteiger partial charge in [-0.1, -0.05) is 33.6 Å². The first-order chi connectivity index (χ1) is 8.88. The van der Waals surface area contributed by atoms with E-state index >= 15 is 0 Å². The van der Waals surface area contributed by atoms with E-state index in [9.17, 15) is 10.5 Å². The van der Waals surface area contributed by atoms with Gasteiger partial charge in [0, 0.05) is 0 Å². The summed E-state index contributed by atoms with van der Waals surface area (Å²) in [7, 11) is -1.39. The molecule has 6 heteroatoms. The van der Waals surface area contributed by atoms with Gasteiger partial charge in [0.15, 0.2) is 4.98 Å². The van der Waals surface area contributed by atoms with Gasteiger partial charge in [0.1, 0.15) is 0 Å². The molecule has 5 nitrogen and oxygen atoms in total. The van der Waals surface area contributed by atoms with Crippen LogP contribution in [0.15, 0.2) is 11.3 Å². The Hall–Kier alpha value is -1.50. The van der Waals surface area contributed by atoms with Gasteiger partial charge in [-0.2, -0.15) is 0 Å². The van der Waals surface area contributed by atoms with Crippen molar-refractivity contribution < 1.29 is 14.3 Å². The molecule has 0 saturated carbocycles. The molecule has 0 rings (SSSR count). The summed E-state index contributed by atoms with van der Waals surface area (Å²) in [6, 6.07) is 0. The van der Waals surface area contributed by atoms with E-state index in [1.54, 1.807) is 6.92 Å². The molecule has 19 heavy (non-hydrogen) atoms. The number of hydrogen-bond acceptors (Lipinski definition) is 4. The van der Waals surface area contributed by atoms with Crippen LogP contribution in [0, 0.1) is 17.2 Å². The molecule has 0 aliphatic heterocycles. The van der Waals surface area contributed by atoms with E-state index in [1.807, 2.05) is 27.7 Å². The zero-order chi connectivity index (χ0) is 15.1. The van der Waals surface area contributed by atoms with E-state index in [1.165, 1.54) is 7.11 Å². The molecule has 0 fully saturated rings. The summed E-state index contributed by atoms with van der Waals surface area (Å²) in [6.07, 6.45) is 0. The number of diazo groups is 1. The minimum atomic E-state index is -2.72. The molecule has 0 heterocycles. The van der Waals surface area contributed by atoms with Gasteiger partial charge in [0.05, 0.1) is 13.7 Å². The molecule has 0 amide bonds. The topological polar surface area (TPSA) is 66.8 Å². The minimum Gasteiger partial charge on any atom is -0.476 e. The summed E-state index contributed by atoms with van der Waals surface area (Å²) < 4.78 is 10.8. The second kappa shape index (κ2) is 7.83. The van der Waals surface area contributed by atoms with Gasteiger partial charge < -0.3 is 14.3 Å². The summed E-state index contributed by atoms with van der Waals surface area (Å²) in [5, 5.41) is 19.2. The molecule has 0 saturated heterocycles. The van der Waals surface area contributed by atoms with E-state index < -0.39 is 8.32 Å². The number of aliphatic hydroxyl groups is 1. The van der Waals surface area contributed by atoms with Gasteiger partial charge in [-0.25, -0.2) is 0 Å². The van der Waals surface area contributed by atoms with Crippen LogP contribution in [0.4, 0.5) is 0 Å². The predicted octanol–water partition coefficient (Wildman–Crippen LogP) is 3.56. The summed E-state index contributed by atoms with van der Waals surface area (Å²) in [4.78, 5) is 3.25. The molecule has 0 aliphatic carbocycles. The number of aliphatic hydroxyl groups excluding tert-OH is 1. The molecule has 106 valence electrons. The Morgan fingerprint density at radius 2 is 1.84 bits per heavy atom. The normalized spacial score (nSPS) is 12.6. The molecular formula is C13H23N2O3Si+. The van der Waals surface area contributed by atoms with Gasteiger partial charge in [-0.3, -0.25) is 0 Å². The van der Waals surface area contributed by atoms with Crippen LogP contribution >= 0.6 is 0 Å². The molecule has 0 aromatic heterocycles. The summed E-state index contributed by atoms with van der Waals surface area (Å²) in [6.45, 7) is 9.92. The molecule has 1 N–H and O–H groups in total. The first kappa shape index (κ1) is 17.5. The third-order valence-corrected chi connectivity index (χ3v) is 8.25. The van der Waals surface area contributed by atoms with Gasteiger partial charge in [-0.05, 0) is 18.0 Å². The fraction of sp³-hybridized carbons (Fsp3) is 0.692. The fourth-order valence-corrected chi connectivity index (χ4v) is 6.36. The van der Waals surface area contributed by atoms with Gasteiger partial charge in [-0.15, -0.1) is 5.92 Å². The van der Waals surface area contributed by atoms with Crippen LogP contribution < -0.4 is 0 Å². The maximum atomic E-state index is 9.83. The minimum absolute atomic E-state index is 0.0920. The molecular weight excluding hydrogens is 260 g/mol. The fourth-order valence-electron chi connectivity index (χ4n) is 2.23. The summed E-state index contributed by atoms with van der Waals surface area (Å²) in [5.41, 5.74) is 0.184. The molecule has 0 spiro atoms. The lowest BCUT2D eigenvalue weighted by Crippen LogP contribution is -2.47. The standard InChI is InChI=1S/C13H22N2O3Si/c1-7-8-9-18-19(10(2)3,11(4)5)12(15-14)13(16)17-6/h10-11H,9H2,1-6H3/p+1. The van der Waals surface area contributed by atoms with Crippen molar-refractivity contribution in [2.24, 2.45) is 0 Å². The molecule has 0 aliphatic rings. The highest BCUT2D eigenvalue weighted by molar-refractivity contribution is 6.83. The highest BCUT2D eigenvalue weighted by atomic mass is 28.4. The molecule has 0 aromatic rings. The Kier molecular flexibility index (Phi) is 7.21. The molecule has 0 unspecified atom stereocenters. The lowest BCUT2D eigenvalue weighted by molar-refractivity contribution is 0.133. The maximum absolute atomic E-state index is 9.83. The zero-order valence-corrected chi connectivity index (χ0v) is 13.5. The van der Waals surface area contributed by atoms with Crippen LogP contribution in [0.25, 0.3) is 4.98 Å². The number of ether oxygens (including phenoxy) is 1. The number of hydrogen-bond donors (Lipinski definition) is 1. The van der Waals surface area contributed by atoms with Crippen molar-refractivity contribution in [3.8, 4) is 11.8 Å². The Morgan fingerprint density at radius 3 is 2.16 bits per heavy atom. The first-order valence-corrected chi connectivity index (χ1v) is 8.31. The van der Waals surface area contributed by atoms with E-state index in [0.717, 1.165) is 0 Å². The van der Waals surface area contributed by atoms with Crippen LogP contribution in [0.3, 0.4) is 0 Å². The smallest absolute Gasteiger partial charge is 0.435 e. The first-order valence-electron chi connectivity index (χ1n) is 6.24. The van der Waals surface area contributed by atoms with Crippen LogP contribution in [-0.4, -0.2) is 27.1 Å². The van der Waals surface area contributed by atoms with E-state index in [2.05, 4.69) is 16.8 Å². The largest absolute Gasteiger partial charge is 0.476 e. The average Bonchev–Trinajstić information content (AvgIpc) is 2.36. The predicted molar refractivity (Wildman–Crippen MR) is 77.1 cm³/mol.